The van der Waals surface area contributed by atoms with Crippen LogP contribution in [0.25, 0.3) is 16.8 Å². The Morgan fingerprint density at radius 2 is 2.11 bits per heavy atom. The second-order valence-electron chi connectivity index (χ2n) is 6.07. The van der Waals surface area contributed by atoms with Crippen molar-refractivity contribution in [3.8, 4) is 10.7 Å². The van der Waals surface area contributed by atoms with Gasteiger partial charge in [0, 0.05) is 37.1 Å². The highest BCUT2D eigenvalue weighted by atomic mass is 79.9. The van der Waals surface area contributed by atoms with Gasteiger partial charge in [-0.05, 0) is 45.6 Å². The van der Waals surface area contributed by atoms with E-state index >= 15 is 0 Å². The number of thiophene rings is 2. The number of halogens is 1. The van der Waals surface area contributed by atoms with Gasteiger partial charge < -0.3 is 9.42 Å². The summed E-state index contributed by atoms with van der Waals surface area (Å²) in [5.74, 6) is 1.30. The summed E-state index contributed by atoms with van der Waals surface area (Å²) in [6, 6.07) is 7.92. The van der Waals surface area contributed by atoms with Crippen LogP contribution in [0.1, 0.15) is 10.8 Å². The maximum atomic E-state index is 12.4. The second kappa shape index (κ2) is 8.47. The third-order valence-electron chi connectivity index (χ3n) is 4.24. The lowest BCUT2D eigenvalue weighted by Crippen LogP contribution is -2.47. The van der Waals surface area contributed by atoms with Gasteiger partial charge in [-0.3, -0.25) is 9.69 Å². The lowest BCUT2D eigenvalue weighted by molar-refractivity contribution is -0.127. The molecule has 1 fully saturated rings. The van der Waals surface area contributed by atoms with Crippen LogP contribution >= 0.6 is 38.6 Å². The number of nitrogens with zero attached hydrogens (tertiary/aromatic N) is 4. The first-order chi connectivity index (χ1) is 13.2. The molecule has 1 saturated heterocycles. The van der Waals surface area contributed by atoms with E-state index in [4.69, 9.17) is 4.52 Å². The summed E-state index contributed by atoms with van der Waals surface area (Å²) in [5.41, 5.74) is 0. The lowest BCUT2D eigenvalue weighted by atomic mass is 10.3. The predicted molar refractivity (Wildman–Crippen MR) is 111 cm³/mol. The highest BCUT2D eigenvalue weighted by Crippen LogP contribution is 2.23. The zero-order valence-corrected chi connectivity index (χ0v) is 17.6. The van der Waals surface area contributed by atoms with E-state index in [1.165, 1.54) is 0 Å². The average molecular weight is 465 g/mol. The third-order valence-corrected chi connectivity index (χ3v) is 6.69. The molecule has 27 heavy (non-hydrogen) atoms. The minimum Gasteiger partial charge on any atom is -0.338 e. The van der Waals surface area contributed by atoms with Gasteiger partial charge in [-0.25, -0.2) is 0 Å². The molecule has 4 rings (SSSR count). The third kappa shape index (κ3) is 4.73. The normalized spacial score (nSPS) is 15.7. The molecule has 140 valence electrons. The molecular weight excluding hydrogens is 448 g/mol. The highest BCUT2D eigenvalue weighted by Gasteiger charge is 2.21. The zero-order chi connectivity index (χ0) is 18.6. The molecular formula is C18H17BrN4O2S2. The van der Waals surface area contributed by atoms with Crippen molar-refractivity contribution in [3.63, 3.8) is 0 Å². The van der Waals surface area contributed by atoms with Crippen LogP contribution in [0, 0.1) is 0 Å². The van der Waals surface area contributed by atoms with Gasteiger partial charge in [0.05, 0.1) is 15.2 Å². The molecule has 0 aliphatic carbocycles. The maximum absolute atomic E-state index is 12.4. The number of carbonyl (C=O) groups is 1. The van der Waals surface area contributed by atoms with Gasteiger partial charge in [0.15, 0.2) is 0 Å². The van der Waals surface area contributed by atoms with Crippen molar-refractivity contribution in [1.29, 1.82) is 0 Å². The summed E-state index contributed by atoms with van der Waals surface area (Å²) in [5, 5.41) is 6.04. The van der Waals surface area contributed by atoms with E-state index in [1.54, 1.807) is 28.7 Å². The first-order valence-electron chi connectivity index (χ1n) is 8.48. The van der Waals surface area contributed by atoms with Crippen LogP contribution in [0.2, 0.25) is 0 Å². The molecule has 0 unspecified atom stereocenters. The first-order valence-corrected chi connectivity index (χ1v) is 11.0. The quantitative estimate of drug-likeness (QED) is 0.534. The molecule has 0 aromatic carbocycles. The molecule has 0 saturated carbocycles. The first kappa shape index (κ1) is 18.5. The van der Waals surface area contributed by atoms with Gasteiger partial charge in [-0.15, -0.1) is 22.7 Å². The van der Waals surface area contributed by atoms with Crippen molar-refractivity contribution in [2.24, 2.45) is 0 Å². The van der Waals surface area contributed by atoms with E-state index in [-0.39, 0.29) is 5.91 Å². The number of carbonyl (C=O) groups excluding carboxylic acids is 1. The van der Waals surface area contributed by atoms with Gasteiger partial charge in [0.2, 0.25) is 17.6 Å². The molecule has 9 heteroatoms. The molecule has 0 N–H and O–H groups in total. The monoisotopic (exact) mass is 464 g/mol. The van der Waals surface area contributed by atoms with Gasteiger partial charge in [-0.1, -0.05) is 11.2 Å². The van der Waals surface area contributed by atoms with Crippen LogP contribution in [-0.2, 0) is 11.3 Å². The smallest absolute Gasteiger partial charge is 0.246 e. The Morgan fingerprint density at radius 3 is 2.81 bits per heavy atom. The SMILES string of the molecule is O=C(/C=C/c1ccc(Br)s1)N1CCN(Cc2nc(-c3cccs3)no2)CC1. The molecule has 3 aromatic heterocycles. The predicted octanol–water partition coefficient (Wildman–Crippen LogP) is 3.98. The summed E-state index contributed by atoms with van der Waals surface area (Å²) in [4.78, 5) is 23.0. The van der Waals surface area contributed by atoms with E-state index < -0.39 is 0 Å². The second-order valence-corrected chi connectivity index (χ2v) is 9.51. The van der Waals surface area contributed by atoms with Crippen LogP contribution in [-0.4, -0.2) is 52.0 Å². The minimum absolute atomic E-state index is 0.0527. The van der Waals surface area contributed by atoms with Crippen LogP contribution in [0.4, 0.5) is 0 Å². The number of hydrogen-bond acceptors (Lipinski definition) is 7. The van der Waals surface area contributed by atoms with E-state index in [2.05, 4.69) is 31.0 Å². The van der Waals surface area contributed by atoms with E-state index in [1.807, 2.05) is 40.6 Å². The maximum Gasteiger partial charge on any atom is 0.246 e. The largest absolute Gasteiger partial charge is 0.338 e. The van der Waals surface area contributed by atoms with Crippen LogP contribution in [0.3, 0.4) is 0 Å². The summed E-state index contributed by atoms with van der Waals surface area (Å²) in [6.45, 7) is 3.59. The van der Waals surface area contributed by atoms with Crippen LogP contribution in [0.5, 0.6) is 0 Å². The van der Waals surface area contributed by atoms with Crippen molar-refractivity contribution < 1.29 is 9.32 Å². The number of piperazine rings is 1. The van der Waals surface area contributed by atoms with Crippen LogP contribution in [0.15, 0.2) is 44.0 Å². The Morgan fingerprint density at radius 1 is 1.26 bits per heavy atom. The average Bonchev–Trinajstić information content (AvgIpc) is 3.42. The summed E-state index contributed by atoms with van der Waals surface area (Å²) in [6.07, 6.45) is 3.52. The molecule has 4 heterocycles. The van der Waals surface area contributed by atoms with Gasteiger partial charge in [0.25, 0.3) is 0 Å². The van der Waals surface area contributed by atoms with Crippen molar-refractivity contribution in [2.75, 3.05) is 26.2 Å². The molecule has 6 nitrogen and oxygen atoms in total. The Labute approximate surface area is 173 Å². The standard InChI is InChI=1S/C18H17BrN4O2S2/c19-15-5-3-13(27-15)4-6-17(24)23-9-7-22(8-10-23)12-16-20-18(21-25-16)14-2-1-11-26-14/h1-6,11H,7-10,12H2/b6-4+. The van der Waals surface area contributed by atoms with E-state index in [9.17, 15) is 4.79 Å². The van der Waals surface area contributed by atoms with Crippen LogP contribution < -0.4 is 0 Å². The highest BCUT2D eigenvalue weighted by molar-refractivity contribution is 9.11. The van der Waals surface area contributed by atoms with Crippen molar-refractivity contribution in [2.45, 2.75) is 6.54 Å². The minimum atomic E-state index is 0.0527. The number of amides is 1. The Hall–Kier alpha value is -1.81. The molecule has 0 atom stereocenters. The summed E-state index contributed by atoms with van der Waals surface area (Å²) in [7, 11) is 0. The lowest BCUT2D eigenvalue weighted by Gasteiger charge is -2.33. The Balaban J connectivity index is 1.27. The van der Waals surface area contributed by atoms with E-state index in [0.717, 1.165) is 26.6 Å². The number of aromatic nitrogens is 2. The molecule has 0 bridgehead atoms. The van der Waals surface area contributed by atoms with Gasteiger partial charge in [0.1, 0.15) is 0 Å². The van der Waals surface area contributed by atoms with Crippen molar-refractivity contribution in [1.82, 2.24) is 19.9 Å². The van der Waals surface area contributed by atoms with Gasteiger partial charge in [-0.2, -0.15) is 4.98 Å². The molecule has 0 spiro atoms. The fourth-order valence-corrected chi connectivity index (χ4v) is 4.79. The summed E-state index contributed by atoms with van der Waals surface area (Å²) < 4.78 is 6.43. The molecule has 1 aliphatic heterocycles. The number of hydrogen-bond donors (Lipinski definition) is 0. The topological polar surface area (TPSA) is 62.5 Å². The molecule has 0 radical (unpaired) electrons. The summed E-state index contributed by atoms with van der Waals surface area (Å²) >= 11 is 6.63. The van der Waals surface area contributed by atoms with E-state index in [0.29, 0.717) is 31.3 Å². The Bertz CT molecular complexity index is 927. The fourth-order valence-electron chi connectivity index (χ4n) is 2.82. The van der Waals surface area contributed by atoms with Crippen molar-refractivity contribution >= 4 is 50.6 Å². The Kier molecular flexibility index (Phi) is 5.82. The fraction of sp³-hybridized carbons (Fsp3) is 0.278. The molecule has 1 aliphatic rings. The molecule has 3 aromatic rings. The zero-order valence-electron chi connectivity index (χ0n) is 14.4. The molecule has 1 amide bonds. The van der Waals surface area contributed by atoms with Gasteiger partial charge >= 0.3 is 0 Å². The number of rotatable bonds is 5. The van der Waals surface area contributed by atoms with Crippen molar-refractivity contribution in [3.05, 3.63) is 50.3 Å².